The largest absolute Gasteiger partial charge is 0.465 e. The number of hydrogen-bond donors (Lipinski definition) is 1. The molecule has 1 N–H and O–H groups in total. The van der Waals surface area contributed by atoms with Crippen LogP contribution in [0.5, 0.6) is 0 Å². The minimum absolute atomic E-state index is 0.197. The van der Waals surface area contributed by atoms with Crippen LogP contribution in [0.3, 0.4) is 0 Å². The molecule has 2 rings (SSSR count). The topological polar surface area (TPSA) is 61.9 Å². The maximum Gasteiger partial charge on any atom is 0.337 e. The number of anilines is 1. The number of amides is 2. The van der Waals surface area contributed by atoms with Gasteiger partial charge in [-0.2, -0.15) is 0 Å². The van der Waals surface area contributed by atoms with Crippen molar-refractivity contribution in [2.24, 2.45) is 0 Å². The van der Waals surface area contributed by atoms with E-state index in [1.54, 1.807) is 17.0 Å². The van der Waals surface area contributed by atoms with E-state index in [9.17, 15) is 9.59 Å². The maximum atomic E-state index is 12.5. The summed E-state index contributed by atoms with van der Waals surface area (Å²) >= 11 is 6.13. The van der Waals surface area contributed by atoms with E-state index in [-0.39, 0.29) is 6.03 Å². The molecule has 1 aliphatic heterocycles. The number of piperazine rings is 1. The predicted octanol–water partition coefficient (Wildman–Crippen LogP) is 3.47. The summed E-state index contributed by atoms with van der Waals surface area (Å²) in [6.07, 6.45) is 3.67. The molecule has 1 aliphatic rings. The summed E-state index contributed by atoms with van der Waals surface area (Å²) in [6.45, 7) is 6.43. The SMILES string of the molecule is CCCCCN1CCN(C(=O)Nc2cc(C(=O)OC)ccc2Cl)CC1. The van der Waals surface area contributed by atoms with E-state index in [1.807, 2.05) is 0 Å². The molecule has 0 unspecified atom stereocenters. The highest BCUT2D eigenvalue weighted by atomic mass is 35.5. The van der Waals surface area contributed by atoms with Gasteiger partial charge in [-0.15, -0.1) is 0 Å². The molecule has 1 fully saturated rings. The molecule has 0 aliphatic carbocycles. The van der Waals surface area contributed by atoms with Gasteiger partial charge in [0.15, 0.2) is 0 Å². The summed E-state index contributed by atoms with van der Waals surface area (Å²) < 4.78 is 4.69. The number of nitrogens with zero attached hydrogens (tertiary/aromatic N) is 2. The Kier molecular flexibility index (Phi) is 7.52. The van der Waals surface area contributed by atoms with Crippen LogP contribution in [0.15, 0.2) is 18.2 Å². The normalized spacial score (nSPS) is 15.1. The average Bonchev–Trinajstić information content (AvgIpc) is 2.63. The highest BCUT2D eigenvalue weighted by Crippen LogP contribution is 2.24. The molecular formula is C18H26ClN3O3. The maximum absolute atomic E-state index is 12.5. The van der Waals surface area contributed by atoms with Gasteiger partial charge in [-0.1, -0.05) is 31.4 Å². The fraction of sp³-hybridized carbons (Fsp3) is 0.556. The average molecular weight is 368 g/mol. The molecule has 0 bridgehead atoms. The summed E-state index contributed by atoms with van der Waals surface area (Å²) in [6, 6.07) is 4.48. The molecule has 0 atom stereocenters. The van der Waals surface area contributed by atoms with Crippen molar-refractivity contribution >= 4 is 29.3 Å². The fourth-order valence-electron chi connectivity index (χ4n) is 2.82. The molecule has 0 saturated carbocycles. The first-order valence-corrected chi connectivity index (χ1v) is 9.09. The summed E-state index contributed by atoms with van der Waals surface area (Å²) in [7, 11) is 1.31. The number of unbranched alkanes of at least 4 members (excludes halogenated alkanes) is 2. The van der Waals surface area contributed by atoms with E-state index < -0.39 is 5.97 Å². The van der Waals surface area contributed by atoms with Gasteiger partial charge in [-0.3, -0.25) is 4.90 Å². The van der Waals surface area contributed by atoms with Gasteiger partial charge in [-0.25, -0.2) is 9.59 Å². The van der Waals surface area contributed by atoms with Crippen LogP contribution in [0.2, 0.25) is 5.02 Å². The van der Waals surface area contributed by atoms with Crippen LogP contribution in [0.4, 0.5) is 10.5 Å². The first-order valence-electron chi connectivity index (χ1n) is 8.71. The standard InChI is InChI=1S/C18H26ClN3O3/c1-3-4-5-8-21-9-11-22(12-10-21)18(24)20-16-13-14(17(23)25-2)6-7-15(16)19/h6-7,13H,3-5,8-12H2,1-2H3,(H,20,24). The van der Waals surface area contributed by atoms with E-state index in [2.05, 4.69) is 17.1 Å². The van der Waals surface area contributed by atoms with E-state index in [4.69, 9.17) is 16.3 Å². The Morgan fingerprint density at radius 2 is 1.92 bits per heavy atom. The Bertz CT molecular complexity index is 601. The number of ether oxygens (including phenoxy) is 1. The van der Waals surface area contributed by atoms with Gasteiger partial charge in [0.2, 0.25) is 0 Å². The molecule has 25 heavy (non-hydrogen) atoms. The van der Waals surface area contributed by atoms with Crippen molar-refractivity contribution in [2.75, 3.05) is 45.2 Å². The lowest BCUT2D eigenvalue weighted by molar-refractivity contribution is 0.0600. The zero-order valence-electron chi connectivity index (χ0n) is 14.9. The van der Waals surface area contributed by atoms with Crippen LogP contribution >= 0.6 is 11.6 Å². The van der Waals surface area contributed by atoms with Crippen LogP contribution in [0, 0.1) is 0 Å². The number of hydrogen-bond acceptors (Lipinski definition) is 4. The van der Waals surface area contributed by atoms with Crippen LogP contribution in [-0.2, 0) is 4.74 Å². The van der Waals surface area contributed by atoms with Crippen molar-refractivity contribution in [3.8, 4) is 0 Å². The molecule has 1 saturated heterocycles. The van der Waals surface area contributed by atoms with Crippen molar-refractivity contribution in [2.45, 2.75) is 26.2 Å². The van der Waals surface area contributed by atoms with Crippen LogP contribution in [-0.4, -0.2) is 61.6 Å². The molecule has 7 heteroatoms. The quantitative estimate of drug-likeness (QED) is 0.617. The van der Waals surface area contributed by atoms with E-state index in [0.717, 1.165) is 19.6 Å². The number of carbonyl (C=O) groups excluding carboxylic acids is 2. The first kappa shape index (κ1) is 19.5. The molecular weight excluding hydrogens is 342 g/mol. The lowest BCUT2D eigenvalue weighted by atomic mass is 10.2. The fourth-order valence-corrected chi connectivity index (χ4v) is 2.98. The van der Waals surface area contributed by atoms with Crippen molar-refractivity contribution in [1.29, 1.82) is 0 Å². The highest BCUT2D eigenvalue weighted by Gasteiger charge is 2.21. The number of urea groups is 1. The predicted molar refractivity (Wildman–Crippen MR) is 99.3 cm³/mol. The summed E-state index contributed by atoms with van der Waals surface area (Å²) in [5.74, 6) is -0.465. The molecule has 6 nitrogen and oxygen atoms in total. The van der Waals surface area contributed by atoms with Crippen molar-refractivity contribution in [1.82, 2.24) is 9.80 Å². The Morgan fingerprint density at radius 3 is 2.56 bits per heavy atom. The number of carbonyl (C=O) groups is 2. The summed E-state index contributed by atoms with van der Waals surface area (Å²) in [5.41, 5.74) is 0.767. The molecule has 1 aromatic carbocycles. The van der Waals surface area contributed by atoms with Crippen molar-refractivity contribution in [3.05, 3.63) is 28.8 Å². The molecule has 1 aromatic rings. The number of esters is 1. The van der Waals surface area contributed by atoms with Crippen molar-refractivity contribution < 1.29 is 14.3 Å². The third-order valence-electron chi connectivity index (χ3n) is 4.37. The van der Waals surface area contributed by atoms with Gasteiger partial charge in [0, 0.05) is 26.2 Å². The van der Waals surface area contributed by atoms with Crippen LogP contribution in [0.25, 0.3) is 0 Å². The number of rotatable bonds is 6. The second kappa shape index (κ2) is 9.63. The lowest BCUT2D eigenvalue weighted by Crippen LogP contribution is -2.50. The van der Waals surface area contributed by atoms with Gasteiger partial charge in [0.25, 0.3) is 0 Å². The van der Waals surface area contributed by atoms with E-state index >= 15 is 0 Å². The van der Waals surface area contributed by atoms with Gasteiger partial charge >= 0.3 is 12.0 Å². The molecule has 138 valence electrons. The zero-order valence-corrected chi connectivity index (χ0v) is 15.6. The van der Waals surface area contributed by atoms with Crippen LogP contribution in [0.1, 0.15) is 36.5 Å². The van der Waals surface area contributed by atoms with Gasteiger partial charge in [-0.05, 0) is 31.2 Å². The lowest BCUT2D eigenvalue weighted by Gasteiger charge is -2.34. The number of halogens is 1. The molecule has 0 radical (unpaired) electrons. The number of nitrogens with one attached hydrogen (secondary N) is 1. The summed E-state index contributed by atoms with van der Waals surface area (Å²) in [5, 5.41) is 3.18. The minimum atomic E-state index is -0.465. The van der Waals surface area contributed by atoms with Gasteiger partial charge in [0.1, 0.15) is 0 Å². The number of benzene rings is 1. The molecule has 1 heterocycles. The minimum Gasteiger partial charge on any atom is -0.465 e. The van der Waals surface area contributed by atoms with E-state index in [1.165, 1.54) is 32.4 Å². The van der Waals surface area contributed by atoms with Crippen LogP contribution < -0.4 is 5.32 Å². The zero-order chi connectivity index (χ0) is 18.2. The Hall–Kier alpha value is -1.79. The molecule has 0 aromatic heterocycles. The number of methoxy groups -OCH3 is 1. The Morgan fingerprint density at radius 1 is 1.20 bits per heavy atom. The third kappa shape index (κ3) is 5.61. The van der Waals surface area contributed by atoms with Gasteiger partial charge < -0.3 is 15.0 Å². The first-order chi connectivity index (χ1) is 12.0. The Labute approximate surface area is 154 Å². The second-order valence-electron chi connectivity index (χ2n) is 6.15. The molecule has 0 spiro atoms. The monoisotopic (exact) mass is 367 g/mol. The van der Waals surface area contributed by atoms with Gasteiger partial charge in [0.05, 0.1) is 23.4 Å². The Balaban J connectivity index is 1.89. The summed E-state index contributed by atoms with van der Waals surface area (Å²) in [4.78, 5) is 28.2. The second-order valence-corrected chi connectivity index (χ2v) is 6.56. The third-order valence-corrected chi connectivity index (χ3v) is 4.70. The van der Waals surface area contributed by atoms with Crippen molar-refractivity contribution in [3.63, 3.8) is 0 Å². The highest BCUT2D eigenvalue weighted by molar-refractivity contribution is 6.33. The van der Waals surface area contributed by atoms with E-state index in [0.29, 0.717) is 29.4 Å². The smallest absolute Gasteiger partial charge is 0.337 e. The molecule has 2 amide bonds.